The first kappa shape index (κ1) is 24.7. The SMILES string of the molecule is C=C(Nc1ccc(C(C(F)(F)F)C(F)(F)F)cc1)C1c2ccc(C)cc2CN1C(=C)C1(C#N)CC1. The van der Waals surface area contributed by atoms with Crippen molar-refractivity contribution in [3.63, 3.8) is 0 Å². The number of hydrogen-bond donors (Lipinski definition) is 1. The van der Waals surface area contributed by atoms with Crippen LogP contribution in [0.5, 0.6) is 0 Å². The molecule has 2 aromatic rings. The summed E-state index contributed by atoms with van der Waals surface area (Å²) >= 11 is 0. The van der Waals surface area contributed by atoms with Gasteiger partial charge in [0.05, 0.1) is 17.5 Å². The number of aryl methyl sites for hydroxylation is 1. The van der Waals surface area contributed by atoms with Crippen molar-refractivity contribution in [1.29, 1.82) is 5.26 Å². The average Bonchev–Trinajstić information content (AvgIpc) is 3.46. The van der Waals surface area contributed by atoms with Crippen molar-refractivity contribution in [2.45, 2.75) is 50.6 Å². The van der Waals surface area contributed by atoms with Crippen molar-refractivity contribution >= 4 is 5.69 Å². The van der Waals surface area contributed by atoms with E-state index in [4.69, 9.17) is 0 Å². The van der Waals surface area contributed by atoms with E-state index in [9.17, 15) is 31.6 Å². The van der Waals surface area contributed by atoms with Crippen LogP contribution in [0.25, 0.3) is 0 Å². The number of rotatable bonds is 6. The van der Waals surface area contributed by atoms with Crippen LogP contribution in [0.4, 0.5) is 32.0 Å². The number of fused-ring (bicyclic) bond motifs is 1. The lowest BCUT2D eigenvalue weighted by Crippen LogP contribution is -2.34. The molecule has 1 aliphatic heterocycles. The van der Waals surface area contributed by atoms with E-state index in [0.717, 1.165) is 28.8 Å². The molecule has 1 aliphatic carbocycles. The Hall–Kier alpha value is -3.41. The van der Waals surface area contributed by atoms with Gasteiger partial charge in [0.1, 0.15) is 0 Å². The van der Waals surface area contributed by atoms with E-state index in [2.05, 4.69) is 24.5 Å². The van der Waals surface area contributed by atoms with Crippen LogP contribution in [0.2, 0.25) is 0 Å². The number of nitrogens with zero attached hydrogens (tertiary/aromatic N) is 2. The second-order valence-electron chi connectivity index (χ2n) is 9.16. The highest BCUT2D eigenvalue weighted by atomic mass is 19.4. The molecule has 1 unspecified atom stereocenters. The molecule has 1 atom stereocenters. The van der Waals surface area contributed by atoms with E-state index in [1.54, 1.807) is 0 Å². The van der Waals surface area contributed by atoms with Gasteiger partial charge in [-0.1, -0.05) is 49.1 Å². The van der Waals surface area contributed by atoms with Gasteiger partial charge < -0.3 is 10.2 Å². The van der Waals surface area contributed by atoms with E-state index < -0.39 is 35.3 Å². The van der Waals surface area contributed by atoms with E-state index in [1.165, 1.54) is 12.1 Å². The minimum absolute atomic E-state index is 0.300. The Morgan fingerprint density at radius 2 is 1.66 bits per heavy atom. The van der Waals surface area contributed by atoms with Crippen LogP contribution < -0.4 is 5.32 Å². The van der Waals surface area contributed by atoms with Crippen molar-refractivity contribution in [2.24, 2.45) is 5.41 Å². The summed E-state index contributed by atoms with van der Waals surface area (Å²) in [6.07, 6.45) is -9.49. The van der Waals surface area contributed by atoms with Crippen molar-refractivity contribution in [3.8, 4) is 6.07 Å². The van der Waals surface area contributed by atoms with Crippen molar-refractivity contribution in [1.82, 2.24) is 4.90 Å². The average molecular weight is 491 g/mol. The second-order valence-corrected chi connectivity index (χ2v) is 9.16. The topological polar surface area (TPSA) is 39.1 Å². The number of halogens is 6. The lowest BCUT2D eigenvalue weighted by Gasteiger charge is -2.33. The maximum absolute atomic E-state index is 13.0. The lowest BCUT2D eigenvalue weighted by atomic mass is 9.97. The Morgan fingerprint density at radius 1 is 1.06 bits per heavy atom. The van der Waals surface area contributed by atoms with Gasteiger partial charge in [-0.15, -0.1) is 0 Å². The molecule has 1 saturated carbocycles. The number of nitrogens with one attached hydrogen (secondary N) is 1. The summed E-state index contributed by atoms with van der Waals surface area (Å²) in [4.78, 5) is 1.99. The van der Waals surface area contributed by atoms with Crippen LogP contribution in [-0.2, 0) is 6.54 Å². The molecule has 2 aliphatic rings. The zero-order valence-electron chi connectivity index (χ0n) is 18.9. The molecule has 0 amide bonds. The van der Waals surface area contributed by atoms with Crippen LogP contribution >= 0.6 is 0 Å². The standard InChI is InChI=1S/C26H23F6N3/c1-15-4-9-21-19(12-15)13-35(17(3)24(14-33)10-11-24)22(21)16(2)34-20-7-5-18(6-8-20)23(25(27,28)29)26(30,31)32/h4-9,12,22-23,34H,2-3,10-11,13H2,1H3. The summed E-state index contributed by atoms with van der Waals surface area (Å²) in [6, 6.07) is 11.9. The van der Waals surface area contributed by atoms with Crippen molar-refractivity contribution in [2.75, 3.05) is 5.32 Å². The predicted molar refractivity (Wildman–Crippen MR) is 120 cm³/mol. The van der Waals surface area contributed by atoms with Crippen molar-refractivity contribution < 1.29 is 26.3 Å². The maximum atomic E-state index is 13.0. The van der Waals surface area contributed by atoms with Gasteiger partial charge in [0.15, 0.2) is 5.92 Å². The monoisotopic (exact) mass is 491 g/mol. The van der Waals surface area contributed by atoms with Crippen LogP contribution in [0.3, 0.4) is 0 Å². The summed E-state index contributed by atoms with van der Waals surface area (Å²) in [5.41, 5.74) is 3.00. The molecule has 4 rings (SSSR count). The van der Waals surface area contributed by atoms with Gasteiger partial charge in [-0.3, -0.25) is 0 Å². The highest BCUT2D eigenvalue weighted by Gasteiger charge is 2.57. The Balaban J connectivity index is 1.60. The zero-order valence-corrected chi connectivity index (χ0v) is 18.9. The smallest absolute Gasteiger partial charge is 0.357 e. The highest BCUT2D eigenvalue weighted by Crippen LogP contribution is 2.55. The molecule has 1 heterocycles. The first-order valence-electron chi connectivity index (χ1n) is 10.9. The number of hydrogen-bond acceptors (Lipinski definition) is 3. The van der Waals surface area contributed by atoms with Gasteiger partial charge in [0, 0.05) is 23.6 Å². The molecular formula is C26H23F6N3. The first-order chi connectivity index (χ1) is 16.3. The van der Waals surface area contributed by atoms with Crippen LogP contribution in [0.1, 0.15) is 47.1 Å². The van der Waals surface area contributed by atoms with Crippen LogP contribution in [0, 0.1) is 23.7 Å². The third-order valence-corrected chi connectivity index (χ3v) is 6.64. The number of allylic oxidation sites excluding steroid dienone is 1. The van der Waals surface area contributed by atoms with Gasteiger partial charge in [-0.05, 0) is 48.6 Å². The maximum Gasteiger partial charge on any atom is 0.404 e. The lowest BCUT2D eigenvalue weighted by molar-refractivity contribution is -0.253. The van der Waals surface area contributed by atoms with Gasteiger partial charge in [-0.2, -0.15) is 31.6 Å². The van der Waals surface area contributed by atoms with Gasteiger partial charge in [0.2, 0.25) is 0 Å². The molecule has 1 fully saturated rings. The molecule has 0 aromatic heterocycles. The number of alkyl halides is 6. The molecule has 1 N–H and O–H groups in total. The minimum atomic E-state index is -5.46. The van der Waals surface area contributed by atoms with E-state index in [0.29, 0.717) is 36.5 Å². The minimum Gasteiger partial charge on any atom is -0.357 e. The third kappa shape index (κ3) is 4.62. The Bertz CT molecular complexity index is 1190. The summed E-state index contributed by atoms with van der Waals surface area (Å²) in [5, 5.41) is 12.7. The summed E-state index contributed by atoms with van der Waals surface area (Å²) in [7, 11) is 0. The normalized spacial score (nSPS) is 18.7. The number of nitriles is 1. The number of benzene rings is 2. The quantitative estimate of drug-likeness (QED) is 0.425. The van der Waals surface area contributed by atoms with Crippen LogP contribution in [-0.4, -0.2) is 17.3 Å². The Morgan fingerprint density at radius 3 is 2.17 bits per heavy atom. The van der Waals surface area contributed by atoms with Crippen LogP contribution in [0.15, 0.2) is 67.0 Å². The molecule has 3 nitrogen and oxygen atoms in total. The molecule has 9 heteroatoms. The van der Waals surface area contributed by atoms with Gasteiger partial charge in [0.25, 0.3) is 0 Å². The summed E-state index contributed by atoms with van der Waals surface area (Å²) < 4.78 is 78.3. The third-order valence-electron chi connectivity index (χ3n) is 6.64. The molecule has 0 radical (unpaired) electrons. The van der Waals surface area contributed by atoms with E-state index in [-0.39, 0.29) is 0 Å². The molecule has 0 bridgehead atoms. The second kappa shape index (κ2) is 8.36. The first-order valence-corrected chi connectivity index (χ1v) is 10.9. The molecule has 0 spiro atoms. The fraction of sp³-hybridized carbons (Fsp3) is 0.346. The Labute approximate surface area is 199 Å². The summed E-state index contributed by atoms with van der Waals surface area (Å²) in [6.45, 7) is 10.8. The molecular weight excluding hydrogens is 468 g/mol. The summed E-state index contributed by atoms with van der Waals surface area (Å²) in [5.74, 6) is -3.56. The fourth-order valence-electron chi connectivity index (χ4n) is 4.65. The molecule has 2 aromatic carbocycles. The van der Waals surface area contributed by atoms with E-state index in [1.807, 2.05) is 30.0 Å². The fourth-order valence-corrected chi connectivity index (χ4v) is 4.65. The molecule has 35 heavy (non-hydrogen) atoms. The van der Waals surface area contributed by atoms with E-state index >= 15 is 0 Å². The molecule has 184 valence electrons. The van der Waals surface area contributed by atoms with Gasteiger partial charge >= 0.3 is 12.4 Å². The number of anilines is 1. The largest absolute Gasteiger partial charge is 0.404 e. The highest BCUT2D eigenvalue weighted by molar-refractivity contribution is 5.54. The van der Waals surface area contributed by atoms with Gasteiger partial charge in [-0.25, -0.2) is 0 Å². The predicted octanol–water partition coefficient (Wildman–Crippen LogP) is 7.50. The van der Waals surface area contributed by atoms with Crippen molar-refractivity contribution in [3.05, 3.63) is 89.3 Å². The zero-order chi connectivity index (χ0) is 25.8. The molecule has 0 saturated heterocycles. The Kier molecular flexibility index (Phi) is 5.90.